The first-order chi connectivity index (χ1) is 16.2. The molecular formula is C31H48INO2Si. The smallest absolute Gasteiger partial charge is 0.192 e. The van der Waals surface area contributed by atoms with Crippen molar-refractivity contribution in [1.82, 2.24) is 4.98 Å². The third kappa shape index (κ3) is 6.10. The number of nitrogens with zero attached hydrogens (tertiary/aromatic N) is 1. The summed E-state index contributed by atoms with van der Waals surface area (Å²) in [5.41, 5.74) is 6.72. The largest absolute Gasteiger partial charge is 0.410 e. The average Bonchev–Trinajstić information content (AvgIpc) is 2.70. The quantitative estimate of drug-likeness (QED) is 0.267. The van der Waals surface area contributed by atoms with E-state index in [2.05, 4.69) is 129 Å². The number of benzene rings is 1. The zero-order valence-corrected chi connectivity index (χ0v) is 27.8. The maximum Gasteiger partial charge on any atom is 0.192 e. The highest BCUT2D eigenvalue weighted by Crippen LogP contribution is 2.50. The van der Waals surface area contributed by atoms with Crippen LogP contribution in [0.5, 0.6) is 0 Å². The van der Waals surface area contributed by atoms with Crippen LogP contribution in [-0.2, 0) is 16.3 Å². The molecule has 2 atom stereocenters. The summed E-state index contributed by atoms with van der Waals surface area (Å²) in [5.74, 6) is 0.215. The van der Waals surface area contributed by atoms with Gasteiger partial charge in [0.1, 0.15) is 6.10 Å². The van der Waals surface area contributed by atoms with Crippen molar-refractivity contribution in [3.05, 3.63) is 61.5 Å². The summed E-state index contributed by atoms with van der Waals surface area (Å²) in [7, 11) is -2.01. The molecule has 0 bridgehead atoms. The zero-order valence-electron chi connectivity index (χ0n) is 24.6. The lowest BCUT2D eigenvalue weighted by Crippen LogP contribution is -2.44. The van der Waals surface area contributed by atoms with Gasteiger partial charge in [-0.1, -0.05) is 93.5 Å². The van der Waals surface area contributed by atoms with Crippen molar-refractivity contribution in [2.75, 3.05) is 0 Å². The molecule has 1 N–H and O–H groups in total. The van der Waals surface area contributed by atoms with Gasteiger partial charge in [0, 0.05) is 20.4 Å². The Kier molecular flexibility index (Phi) is 8.35. The van der Waals surface area contributed by atoms with Crippen molar-refractivity contribution in [2.45, 2.75) is 124 Å². The molecule has 3 nitrogen and oxygen atoms in total. The number of aromatic nitrogens is 1. The second kappa shape index (κ2) is 10.1. The van der Waals surface area contributed by atoms with Gasteiger partial charge in [-0.25, -0.2) is 0 Å². The van der Waals surface area contributed by atoms with Crippen LogP contribution in [0.25, 0.3) is 0 Å². The summed E-state index contributed by atoms with van der Waals surface area (Å²) in [4.78, 5) is 5.29. The summed E-state index contributed by atoms with van der Waals surface area (Å²) < 4.78 is 8.22. The van der Waals surface area contributed by atoms with Crippen LogP contribution in [0, 0.1) is 8.99 Å². The summed E-state index contributed by atoms with van der Waals surface area (Å²) in [5, 5.41) is 11.9. The van der Waals surface area contributed by atoms with Gasteiger partial charge in [0.2, 0.25) is 0 Å². The van der Waals surface area contributed by atoms with Crippen LogP contribution in [0.15, 0.2) is 24.3 Å². The fourth-order valence-electron chi connectivity index (χ4n) is 4.91. The third-order valence-corrected chi connectivity index (χ3v) is 13.8. The molecule has 0 spiro atoms. The molecule has 2 aromatic rings. The topological polar surface area (TPSA) is 42.4 Å². The molecule has 1 unspecified atom stereocenters. The van der Waals surface area contributed by atoms with Gasteiger partial charge in [-0.15, -0.1) is 0 Å². The molecule has 0 amide bonds. The van der Waals surface area contributed by atoms with E-state index in [0.717, 1.165) is 38.9 Å². The van der Waals surface area contributed by atoms with Gasteiger partial charge in [0.15, 0.2) is 8.32 Å². The van der Waals surface area contributed by atoms with Crippen LogP contribution in [0.1, 0.15) is 127 Å². The lowest BCUT2D eigenvalue weighted by Gasteiger charge is -2.44. The first-order valence-electron chi connectivity index (χ1n) is 13.4. The van der Waals surface area contributed by atoms with Crippen LogP contribution in [0.3, 0.4) is 0 Å². The Morgan fingerprint density at radius 3 is 2.08 bits per heavy atom. The molecule has 0 saturated heterocycles. The normalized spacial score (nSPS) is 19.4. The highest BCUT2D eigenvalue weighted by atomic mass is 127. The summed E-state index contributed by atoms with van der Waals surface area (Å²) in [6.07, 6.45) is 1.19. The van der Waals surface area contributed by atoms with Crippen LogP contribution in [-0.4, -0.2) is 18.4 Å². The van der Waals surface area contributed by atoms with Crippen LogP contribution >= 0.6 is 22.6 Å². The molecule has 0 aliphatic heterocycles. The maximum atomic E-state index is 11.8. The van der Waals surface area contributed by atoms with E-state index in [-0.39, 0.29) is 27.9 Å². The number of hydrogen-bond acceptors (Lipinski definition) is 3. The Morgan fingerprint density at radius 2 is 1.61 bits per heavy atom. The molecule has 1 aliphatic rings. The number of fused-ring (bicyclic) bond motifs is 1. The van der Waals surface area contributed by atoms with E-state index in [0.29, 0.717) is 0 Å². The summed E-state index contributed by atoms with van der Waals surface area (Å²) >= 11 is 2.48. The van der Waals surface area contributed by atoms with Crippen LogP contribution < -0.4 is 0 Å². The molecule has 200 valence electrons. The highest BCUT2D eigenvalue weighted by Gasteiger charge is 2.44. The number of halogens is 1. The standard InChI is InChI=1S/C31H48INO2Si/c1-19(2)27-25(28(34)20-13-15-21(16-14-20)29(3,4)5)26(32)24-22(33-27)17-31(9,10)18-23(24)35-36(11,12)30(6,7)8/h13-16,19,23,28,34H,17-18H2,1-12H3/t23?,28-/m1/s1. The van der Waals surface area contributed by atoms with Crippen molar-refractivity contribution >= 4 is 30.9 Å². The number of rotatable bonds is 5. The number of hydrogen-bond donors (Lipinski definition) is 1. The Morgan fingerprint density at radius 1 is 1.06 bits per heavy atom. The van der Waals surface area contributed by atoms with Crippen molar-refractivity contribution in [2.24, 2.45) is 5.41 Å². The first-order valence-corrected chi connectivity index (χ1v) is 17.4. The van der Waals surface area contributed by atoms with Gasteiger partial charge >= 0.3 is 0 Å². The van der Waals surface area contributed by atoms with Gasteiger partial charge < -0.3 is 9.53 Å². The SMILES string of the molecule is CC(C)c1nc2c(c(I)c1[C@H](O)c1ccc(C(C)(C)C)cc1)C(O[Si](C)(C)C(C)(C)C)CC(C)(C)C2. The monoisotopic (exact) mass is 621 g/mol. The van der Waals surface area contributed by atoms with Gasteiger partial charge in [-0.05, 0) is 81.4 Å². The fourth-order valence-corrected chi connectivity index (χ4v) is 7.40. The highest BCUT2D eigenvalue weighted by molar-refractivity contribution is 14.1. The molecule has 36 heavy (non-hydrogen) atoms. The second-order valence-corrected chi connectivity index (χ2v) is 20.3. The molecule has 0 radical (unpaired) electrons. The molecule has 1 heterocycles. The molecule has 1 aromatic carbocycles. The van der Waals surface area contributed by atoms with Gasteiger partial charge in [-0.2, -0.15) is 0 Å². The van der Waals surface area contributed by atoms with Gasteiger partial charge in [0.25, 0.3) is 0 Å². The first kappa shape index (κ1) is 29.8. The Bertz CT molecular complexity index is 1090. The summed E-state index contributed by atoms with van der Waals surface area (Å²) in [6.45, 7) is 27.3. The van der Waals surface area contributed by atoms with Crippen molar-refractivity contribution in [3.63, 3.8) is 0 Å². The number of pyridine rings is 1. The molecule has 3 rings (SSSR count). The van der Waals surface area contributed by atoms with Crippen LogP contribution in [0.2, 0.25) is 18.1 Å². The predicted octanol–water partition coefficient (Wildman–Crippen LogP) is 9.22. The van der Waals surface area contributed by atoms with E-state index in [9.17, 15) is 5.11 Å². The second-order valence-electron chi connectivity index (χ2n) is 14.4. The molecule has 0 fully saturated rings. The van der Waals surface area contributed by atoms with Crippen molar-refractivity contribution in [1.29, 1.82) is 0 Å². The predicted molar refractivity (Wildman–Crippen MR) is 163 cm³/mol. The van der Waals surface area contributed by atoms with Crippen molar-refractivity contribution < 1.29 is 9.53 Å². The Labute approximate surface area is 235 Å². The van der Waals surface area contributed by atoms with Gasteiger partial charge in [0.05, 0.1) is 11.8 Å². The molecule has 0 saturated carbocycles. The van der Waals surface area contributed by atoms with E-state index < -0.39 is 14.4 Å². The van der Waals surface area contributed by atoms with E-state index >= 15 is 0 Å². The van der Waals surface area contributed by atoms with Crippen molar-refractivity contribution in [3.8, 4) is 0 Å². The lowest BCUT2D eigenvalue weighted by molar-refractivity contribution is 0.104. The summed E-state index contributed by atoms with van der Waals surface area (Å²) in [6, 6.07) is 8.46. The minimum Gasteiger partial charge on any atom is -0.410 e. The number of aliphatic hydroxyl groups excluding tert-OH is 1. The van der Waals surface area contributed by atoms with E-state index in [1.807, 2.05) is 0 Å². The maximum absolute atomic E-state index is 11.8. The minimum absolute atomic E-state index is 0.000490. The molecular weight excluding hydrogens is 573 g/mol. The average molecular weight is 622 g/mol. The lowest BCUT2D eigenvalue weighted by atomic mass is 9.74. The van der Waals surface area contributed by atoms with Gasteiger partial charge in [-0.3, -0.25) is 4.98 Å². The molecule has 5 heteroatoms. The van der Waals surface area contributed by atoms with Crippen LogP contribution in [0.4, 0.5) is 0 Å². The molecule has 1 aromatic heterocycles. The van der Waals surface area contributed by atoms with E-state index in [4.69, 9.17) is 9.41 Å². The van der Waals surface area contributed by atoms with E-state index in [1.165, 1.54) is 11.1 Å². The Balaban J connectivity index is 2.18. The fraction of sp³-hybridized carbons (Fsp3) is 0.645. The third-order valence-electron chi connectivity index (χ3n) is 8.18. The van der Waals surface area contributed by atoms with E-state index in [1.54, 1.807) is 0 Å². The Hall–Kier alpha value is -0.763. The number of aliphatic hydroxyl groups is 1. The minimum atomic E-state index is -2.01. The molecule has 1 aliphatic carbocycles. The zero-order chi connectivity index (χ0) is 27.4.